The SMILES string of the molecule is COC(=O)[C@]12CC[C@H]3[C@@H](C=C[C@@H]4CN(S(=O)(=O)c5ccc(C)cc5)CC[C@@]43C)[C@@H]1CCC2=O. The van der Waals surface area contributed by atoms with E-state index in [-0.39, 0.29) is 34.9 Å². The van der Waals surface area contributed by atoms with Gasteiger partial charge < -0.3 is 4.74 Å². The van der Waals surface area contributed by atoms with Crippen LogP contribution in [0.1, 0.15) is 44.6 Å². The lowest BCUT2D eigenvalue weighted by Crippen LogP contribution is -2.58. The molecule has 0 N–H and O–H groups in total. The summed E-state index contributed by atoms with van der Waals surface area (Å²) >= 11 is 0. The van der Waals surface area contributed by atoms with Gasteiger partial charge in [0.05, 0.1) is 12.0 Å². The minimum absolute atomic E-state index is 0.0143. The summed E-state index contributed by atoms with van der Waals surface area (Å²) in [5.41, 5.74) is -0.00175. The number of esters is 1. The van der Waals surface area contributed by atoms with Crippen LogP contribution >= 0.6 is 0 Å². The standard InChI is InChI=1S/C26H33NO5S/c1-17-4-7-19(8-5-17)33(30,31)27-15-14-25(2)18(16-27)6-9-20-21(25)12-13-26(24(29)32-3)22(20)10-11-23(26)28/h4-9,18,20-22H,10-16H2,1-3H3/t18-,20-,21+,22+,25+,26-/m1/s1. The first-order chi connectivity index (χ1) is 15.6. The number of hydrogen-bond donors (Lipinski definition) is 0. The van der Waals surface area contributed by atoms with Crippen LogP contribution in [0, 0.1) is 41.4 Å². The highest BCUT2D eigenvalue weighted by molar-refractivity contribution is 7.89. The molecule has 0 spiro atoms. The third-order valence-electron chi connectivity index (χ3n) is 9.36. The molecule has 178 valence electrons. The van der Waals surface area contributed by atoms with Gasteiger partial charge in [0.2, 0.25) is 10.0 Å². The van der Waals surface area contributed by atoms with Crippen LogP contribution in [0.15, 0.2) is 41.3 Å². The van der Waals surface area contributed by atoms with Crippen LogP contribution in [-0.4, -0.2) is 44.7 Å². The van der Waals surface area contributed by atoms with Crippen LogP contribution in [0.3, 0.4) is 0 Å². The maximum atomic E-state index is 13.3. The maximum Gasteiger partial charge on any atom is 0.319 e. The maximum absolute atomic E-state index is 13.3. The highest BCUT2D eigenvalue weighted by Crippen LogP contribution is 2.63. The van der Waals surface area contributed by atoms with Crippen molar-refractivity contribution in [2.24, 2.45) is 34.5 Å². The molecule has 0 amide bonds. The molecule has 1 heterocycles. The topological polar surface area (TPSA) is 80.8 Å². The Morgan fingerprint density at radius 1 is 1.09 bits per heavy atom. The number of hydrogen-bond acceptors (Lipinski definition) is 5. The molecule has 3 fully saturated rings. The van der Waals surface area contributed by atoms with Gasteiger partial charge in [-0.25, -0.2) is 8.42 Å². The lowest BCUT2D eigenvalue weighted by atomic mass is 9.48. The fourth-order valence-corrected chi connectivity index (χ4v) is 8.87. The van der Waals surface area contributed by atoms with E-state index < -0.39 is 15.4 Å². The van der Waals surface area contributed by atoms with Gasteiger partial charge in [0.1, 0.15) is 5.41 Å². The molecule has 0 bridgehead atoms. The highest BCUT2D eigenvalue weighted by Gasteiger charge is 2.64. The van der Waals surface area contributed by atoms with E-state index in [1.54, 1.807) is 16.4 Å². The van der Waals surface area contributed by atoms with E-state index in [1.165, 1.54) is 7.11 Å². The van der Waals surface area contributed by atoms with E-state index >= 15 is 0 Å². The van der Waals surface area contributed by atoms with Crippen molar-refractivity contribution in [2.45, 2.75) is 50.8 Å². The number of ether oxygens (including phenoxy) is 1. The molecule has 2 saturated carbocycles. The lowest BCUT2D eigenvalue weighted by Gasteiger charge is -2.57. The molecule has 3 aliphatic carbocycles. The van der Waals surface area contributed by atoms with Crippen LogP contribution < -0.4 is 0 Å². The normalized spacial score (nSPS) is 38.3. The molecule has 4 aliphatic rings. The fourth-order valence-electron chi connectivity index (χ4n) is 7.40. The first-order valence-corrected chi connectivity index (χ1v) is 13.5. The summed E-state index contributed by atoms with van der Waals surface area (Å²) in [6.07, 6.45) is 7.66. The Morgan fingerprint density at radius 2 is 1.82 bits per heavy atom. The number of rotatable bonds is 3. The van der Waals surface area contributed by atoms with Gasteiger partial charge in [-0.05, 0) is 73.8 Å². The van der Waals surface area contributed by atoms with Crippen LogP contribution in [0.25, 0.3) is 0 Å². The van der Waals surface area contributed by atoms with E-state index in [4.69, 9.17) is 4.74 Å². The third kappa shape index (κ3) is 3.18. The molecule has 0 aromatic heterocycles. The number of methoxy groups -OCH3 is 1. The Balaban J connectivity index is 1.43. The van der Waals surface area contributed by atoms with Crippen LogP contribution in [0.2, 0.25) is 0 Å². The highest BCUT2D eigenvalue weighted by atomic mass is 32.2. The second kappa shape index (κ2) is 7.77. The minimum Gasteiger partial charge on any atom is -0.468 e. The number of fused-ring (bicyclic) bond motifs is 5. The molecule has 6 nitrogen and oxygen atoms in total. The molecular formula is C26H33NO5S. The van der Waals surface area contributed by atoms with Crippen molar-refractivity contribution in [1.82, 2.24) is 4.31 Å². The number of nitrogens with zero attached hydrogens (tertiary/aromatic N) is 1. The number of allylic oxidation sites excluding steroid dienone is 1. The lowest BCUT2D eigenvalue weighted by molar-refractivity contribution is -0.167. The summed E-state index contributed by atoms with van der Waals surface area (Å²) in [6, 6.07) is 7.06. The van der Waals surface area contributed by atoms with Crippen molar-refractivity contribution in [3.05, 3.63) is 42.0 Å². The molecule has 1 saturated heterocycles. The second-order valence-corrected chi connectivity index (χ2v) is 12.6. The number of benzene rings is 1. The zero-order valence-electron chi connectivity index (χ0n) is 19.6. The van der Waals surface area contributed by atoms with Gasteiger partial charge in [0.25, 0.3) is 0 Å². The average Bonchev–Trinajstić information content (AvgIpc) is 3.15. The molecule has 33 heavy (non-hydrogen) atoms. The minimum atomic E-state index is -3.54. The van der Waals surface area contributed by atoms with Gasteiger partial charge in [-0.1, -0.05) is 36.8 Å². The largest absolute Gasteiger partial charge is 0.468 e. The molecule has 6 atom stereocenters. The molecule has 1 aliphatic heterocycles. The smallest absolute Gasteiger partial charge is 0.319 e. The number of carbonyl (C=O) groups is 2. The number of Topliss-reactive ketones (excluding diaryl/α,β-unsaturated/α-hetero) is 1. The fraction of sp³-hybridized carbons (Fsp3) is 0.615. The molecule has 5 rings (SSSR count). The summed E-state index contributed by atoms with van der Waals surface area (Å²) in [5.74, 6) is 0.275. The number of sulfonamides is 1. The van der Waals surface area contributed by atoms with Crippen LogP contribution in [0.4, 0.5) is 0 Å². The Bertz CT molecular complexity index is 1110. The molecule has 1 aromatic rings. The summed E-state index contributed by atoms with van der Waals surface area (Å²) in [4.78, 5) is 26.0. The van der Waals surface area contributed by atoms with Crippen molar-refractivity contribution < 1.29 is 22.7 Å². The predicted octanol–water partition coefficient (Wildman–Crippen LogP) is 3.75. The zero-order valence-corrected chi connectivity index (χ0v) is 20.4. The van der Waals surface area contributed by atoms with E-state index in [0.717, 1.165) is 24.8 Å². The van der Waals surface area contributed by atoms with E-state index in [9.17, 15) is 18.0 Å². The van der Waals surface area contributed by atoms with Crippen molar-refractivity contribution in [1.29, 1.82) is 0 Å². The summed E-state index contributed by atoms with van der Waals surface area (Å²) in [5, 5.41) is 0. The van der Waals surface area contributed by atoms with Gasteiger partial charge in [-0.2, -0.15) is 4.31 Å². The van der Waals surface area contributed by atoms with Crippen molar-refractivity contribution >= 4 is 21.8 Å². The van der Waals surface area contributed by atoms with E-state index in [0.29, 0.717) is 36.7 Å². The summed E-state index contributed by atoms with van der Waals surface area (Å²) in [6.45, 7) is 5.20. The second-order valence-electron chi connectivity index (χ2n) is 10.7. The van der Waals surface area contributed by atoms with Gasteiger partial charge in [0.15, 0.2) is 5.78 Å². The zero-order chi connectivity index (χ0) is 23.6. The first-order valence-electron chi connectivity index (χ1n) is 12.0. The third-order valence-corrected chi connectivity index (χ3v) is 11.2. The van der Waals surface area contributed by atoms with Gasteiger partial charge in [-0.15, -0.1) is 0 Å². The Hall–Kier alpha value is -1.99. The molecule has 0 radical (unpaired) electrons. The summed E-state index contributed by atoms with van der Waals surface area (Å²) in [7, 11) is -2.16. The molecular weight excluding hydrogens is 438 g/mol. The predicted molar refractivity (Wildman–Crippen MR) is 124 cm³/mol. The Morgan fingerprint density at radius 3 is 2.52 bits per heavy atom. The molecule has 1 aromatic carbocycles. The number of ketones is 1. The Labute approximate surface area is 196 Å². The molecule has 0 unspecified atom stereocenters. The van der Waals surface area contributed by atoms with Crippen molar-refractivity contribution in [3.63, 3.8) is 0 Å². The van der Waals surface area contributed by atoms with Crippen molar-refractivity contribution in [3.8, 4) is 0 Å². The van der Waals surface area contributed by atoms with Crippen molar-refractivity contribution in [2.75, 3.05) is 20.2 Å². The van der Waals surface area contributed by atoms with Crippen LogP contribution in [-0.2, 0) is 24.3 Å². The number of aryl methyl sites for hydroxylation is 1. The van der Waals surface area contributed by atoms with Crippen LogP contribution in [0.5, 0.6) is 0 Å². The van der Waals surface area contributed by atoms with Gasteiger partial charge in [0, 0.05) is 19.5 Å². The quantitative estimate of drug-likeness (QED) is 0.381. The van der Waals surface area contributed by atoms with E-state index in [2.05, 4.69) is 19.1 Å². The summed E-state index contributed by atoms with van der Waals surface area (Å²) < 4.78 is 33.4. The first kappa shape index (κ1) is 22.8. The molecule has 7 heteroatoms. The van der Waals surface area contributed by atoms with Gasteiger partial charge >= 0.3 is 5.97 Å². The van der Waals surface area contributed by atoms with Gasteiger partial charge in [-0.3, -0.25) is 9.59 Å². The number of carbonyl (C=O) groups excluding carboxylic acids is 2. The average molecular weight is 472 g/mol. The Kier molecular flexibility index (Phi) is 5.37. The number of piperidine rings is 1. The van der Waals surface area contributed by atoms with E-state index in [1.807, 2.05) is 19.1 Å². The monoisotopic (exact) mass is 471 g/mol.